The number of likely N-dealkylation sites (N-methyl/N-ethyl adjacent to an activating group) is 1. The maximum Gasteiger partial charge on any atom is 0.240 e. The Bertz CT molecular complexity index is 628. The number of morpholine rings is 1. The third kappa shape index (κ3) is 3.61. The van der Waals surface area contributed by atoms with Crippen LogP contribution in [-0.4, -0.2) is 97.8 Å². The van der Waals surface area contributed by atoms with E-state index in [1.807, 2.05) is 4.90 Å². The van der Waals surface area contributed by atoms with Gasteiger partial charge in [-0.3, -0.25) is 9.69 Å². The van der Waals surface area contributed by atoms with Crippen LogP contribution in [0.3, 0.4) is 0 Å². The summed E-state index contributed by atoms with van der Waals surface area (Å²) < 4.78 is 5.42. The molecule has 1 aromatic rings. The number of amides is 1. The van der Waals surface area contributed by atoms with Gasteiger partial charge in [-0.15, -0.1) is 0 Å². The van der Waals surface area contributed by atoms with Gasteiger partial charge in [0.05, 0.1) is 19.3 Å². The number of hydrogen-bond donors (Lipinski definition) is 0. The van der Waals surface area contributed by atoms with Crippen LogP contribution in [0.15, 0.2) is 12.4 Å². The fourth-order valence-corrected chi connectivity index (χ4v) is 4.06. The third-order valence-electron chi connectivity index (χ3n) is 5.69. The zero-order valence-electron chi connectivity index (χ0n) is 15.5. The number of ether oxygens (including phenoxy) is 1. The first-order chi connectivity index (χ1) is 12.7. The molecule has 3 fully saturated rings. The summed E-state index contributed by atoms with van der Waals surface area (Å²) in [6, 6.07) is 2.14. The molecule has 0 bridgehead atoms. The average molecular weight is 360 g/mol. The van der Waals surface area contributed by atoms with Crippen LogP contribution in [0.5, 0.6) is 0 Å². The van der Waals surface area contributed by atoms with E-state index in [0.29, 0.717) is 5.91 Å². The number of nitrogens with zero attached hydrogens (tertiary/aromatic N) is 6. The van der Waals surface area contributed by atoms with Crippen LogP contribution >= 0.6 is 0 Å². The number of carbonyl (C=O) groups is 1. The minimum atomic E-state index is 0.0773. The van der Waals surface area contributed by atoms with Gasteiger partial charge in [0, 0.05) is 45.3 Å². The zero-order valence-corrected chi connectivity index (χ0v) is 15.5. The molecule has 0 saturated carbocycles. The molecule has 0 aliphatic carbocycles. The van der Waals surface area contributed by atoms with Gasteiger partial charge in [-0.25, -0.2) is 9.97 Å². The van der Waals surface area contributed by atoms with E-state index in [1.54, 1.807) is 6.33 Å². The normalized spacial score (nSPS) is 25.0. The van der Waals surface area contributed by atoms with Gasteiger partial charge >= 0.3 is 0 Å². The number of rotatable bonds is 3. The lowest BCUT2D eigenvalue weighted by atomic mass is 10.1. The van der Waals surface area contributed by atoms with Crippen molar-refractivity contribution in [1.29, 1.82) is 0 Å². The highest BCUT2D eigenvalue weighted by atomic mass is 16.5. The van der Waals surface area contributed by atoms with Crippen LogP contribution in [0.4, 0.5) is 11.6 Å². The van der Waals surface area contributed by atoms with Crippen molar-refractivity contribution >= 4 is 17.5 Å². The predicted octanol–water partition coefficient (Wildman–Crippen LogP) is 0.0560. The van der Waals surface area contributed by atoms with Crippen molar-refractivity contribution in [2.75, 3.05) is 75.9 Å². The summed E-state index contributed by atoms with van der Waals surface area (Å²) in [7, 11) is 2.06. The standard InChI is InChI=1S/C18H28N6O2/c1-21-4-2-3-15(21)18(25)24-7-5-22(6-8-24)16-13-17(20-14-19-16)23-9-11-26-12-10-23/h13-15H,2-12H2,1H3. The Labute approximate surface area is 154 Å². The van der Waals surface area contributed by atoms with E-state index in [2.05, 4.69) is 37.8 Å². The van der Waals surface area contributed by atoms with Crippen molar-refractivity contribution < 1.29 is 9.53 Å². The number of anilines is 2. The summed E-state index contributed by atoms with van der Waals surface area (Å²) in [6.07, 6.45) is 3.76. The number of piperazine rings is 1. The number of likely N-dealkylation sites (tertiary alicyclic amines) is 1. The van der Waals surface area contributed by atoms with Crippen molar-refractivity contribution in [3.05, 3.63) is 12.4 Å². The lowest BCUT2D eigenvalue weighted by Gasteiger charge is -2.37. The molecule has 0 spiro atoms. The molecule has 3 aliphatic heterocycles. The van der Waals surface area contributed by atoms with E-state index in [1.165, 1.54) is 0 Å². The highest BCUT2D eigenvalue weighted by molar-refractivity contribution is 5.82. The highest BCUT2D eigenvalue weighted by Gasteiger charge is 2.33. The summed E-state index contributed by atoms with van der Waals surface area (Å²) in [5.41, 5.74) is 0. The quantitative estimate of drug-likeness (QED) is 0.755. The maximum absolute atomic E-state index is 12.7. The van der Waals surface area contributed by atoms with E-state index in [-0.39, 0.29) is 6.04 Å². The molecule has 1 amide bonds. The molecule has 3 saturated heterocycles. The van der Waals surface area contributed by atoms with Gasteiger partial charge in [0.15, 0.2) is 0 Å². The van der Waals surface area contributed by atoms with Crippen LogP contribution in [0.1, 0.15) is 12.8 Å². The molecule has 4 heterocycles. The van der Waals surface area contributed by atoms with E-state index in [4.69, 9.17) is 4.74 Å². The van der Waals surface area contributed by atoms with E-state index in [9.17, 15) is 4.79 Å². The van der Waals surface area contributed by atoms with E-state index < -0.39 is 0 Å². The number of aromatic nitrogens is 2. The van der Waals surface area contributed by atoms with E-state index in [0.717, 1.165) is 83.5 Å². The molecule has 0 aromatic carbocycles. The molecule has 1 aromatic heterocycles. The van der Waals surface area contributed by atoms with Crippen LogP contribution in [0.2, 0.25) is 0 Å². The summed E-state index contributed by atoms with van der Waals surface area (Å²) in [5, 5.41) is 0. The second-order valence-electron chi connectivity index (χ2n) is 7.28. The molecule has 8 heteroatoms. The predicted molar refractivity (Wildman–Crippen MR) is 99.5 cm³/mol. The van der Waals surface area contributed by atoms with Crippen molar-refractivity contribution in [3.8, 4) is 0 Å². The monoisotopic (exact) mass is 360 g/mol. The lowest BCUT2D eigenvalue weighted by molar-refractivity contribution is -0.135. The Morgan fingerprint density at radius 1 is 1.00 bits per heavy atom. The van der Waals surface area contributed by atoms with Crippen molar-refractivity contribution in [1.82, 2.24) is 19.8 Å². The number of hydrogen-bond acceptors (Lipinski definition) is 7. The Morgan fingerprint density at radius 3 is 2.27 bits per heavy atom. The van der Waals surface area contributed by atoms with Crippen molar-refractivity contribution in [2.45, 2.75) is 18.9 Å². The SMILES string of the molecule is CN1CCCC1C(=O)N1CCN(c2cc(N3CCOCC3)ncn2)CC1. The minimum Gasteiger partial charge on any atom is -0.378 e. The van der Waals surface area contributed by atoms with Crippen molar-refractivity contribution in [3.63, 3.8) is 0 Å². The zero-order chi connectivity index (χ0) is 17.9. The Morgan fingerprint density at radius 2 is 1.65 bits per heavy atom. The topological polar surface area (TPSA) is 65.0 Å². The van der Waals surface area contributed by atoms with Gasteiger partial charge in [0.2, 0.25) is 5.91 Å². The van der Waals surface area contributed by atoms with Gasteiger partial charge in [-0.1, -0.05) is 0 Å². The smallest absolute Gasteiger partial charge is 0.240 e. The molecule has 142 valence electrons. The molecule has 0 radical (unpaired) electrons. The Hall–Kier alpha value is -1.93. The summed E-state index contributed by atoms with van der Waals surface area (Å²) in [6.45, 7) is 7.43. The van der Waals surface area contributed by atoms with Crippen LogP contribution in [0.25, 0.3) is 0 Å². The minimum absolute atomic E-state index is 0.0773. The van der Waals surface area contributed by atoms with Crippen molar-refractivity contribution in [2.24, 2.45) is 0 Å². The van der Waals surface area contributed by atoms with Gasteiger partial charge < -0.3 is 19.4 Å². The molecular formula is C18H28N6O2. The van der Waals surface area contributed by atoms with Crippen LogP contribution < -0.4 is 9.80 Å². The largest absolute Gasteiger partial charge is 0.378 e. The van der Waals surface area contributed by atoms with E-state index >= 15 is 0 Å². The molecule has 4 rings (SSSR count). The van der Waals surface area contributed by atoms with Gasteiger partial charge in [0.25, 0.3) is 0 Å². The average Bonchev–Trinajstić information content (AvgIpc) is 3.14. The fraction of sp³-hybridized carbons (Fsp3) is 0.722. The first-order valence-corrected chi connectivity index (χ1v) is 9.61. The molecule has 0 N–H and O–H groups in total. The van der Waals surface area contributed by atoms with Gasteiger partial charge in [-0.05, 0) is 26.4 Å². The Kier molecular flexibility index (Phi) is 5.21. The van der Waals surface area contributed by atoms with Crippen LogP contribution in [-0.2, 0) is 9.53 Å². The van der Waals surface area contributed by atoms with Gasteiger partial charge in [-0.2, -0.15) is 0 Å². The summed E-state index contributed by atoms with van der Waals surface area (Å²) in [4.78, 5) is 30.3. The molecule has 8 nitrogen and oxygen atoms in total. The fourth-order valence-electron chi connectivity index (χ4n) is 4.06. The highest BCUT2D eigenvalue weighted by Crippen LogP contribution is 2.22. The summed E-state index contributed by atoms with van der Waals surface area (Å²) in [5.74, 6) is 2.21. The van der Waals surface area contributed by atoms with Gasteiger partial charge in [0.1, 0.15) is 18.0 Å². The Balaban J connectivity index is 1.36. The molecule has 26 heavy (non-hydrogen) atoms. The summed E-state index contributed by atoms with van der Waals surface area (Å²) >= 11 is 0. The third-order valence-corrected chi connectivity index (χ3v) is 5.69. The second-order valence-corrected chi connectivity index (χ2v) is 7.28. The first kappa shape index (κ1) is 17.5. The molecular weight excluding hydrogens is 332 g/mol. The second kappa shape index (κ2) is 7.75. The molecule has 1 unspecified atom stereocenters. The lowest BCUT2D eigenvalue weighted by Crippen LogP contribution is -2.53. The van der Waals surface area contributed by atoms with Crippen LogP contribution in [0, 0.1) is 0 Å². The molecule has 3 aliphatic rings. The maximum atomic E-state index is 12.7. The first-order valence-electron chi connectivity index (χ1n) is 9.61. The number of carbonyl (C=O) groups excluding carboxylic acids is 1. The molecule has 1 atom stereocenters.